The van der Waals surface area contributed by atoms with Crippen LogP contribution in [-0.2, 0) is 0 Å². The quantitative estimate of drug-likeness (QED) is 0.854. The summed E-state index contributed by atoms with van der Waals surface area (Å²) in [5, 5.41) is 0.535. The predicted octanol–water partition coefficient (Wildman–Crippen LogP) is 2.41. The normalized spacial score (nSPS) is 14.6. The Balaban J connectivity index is 1.74. The first-order valence-corrected chi connectivity index (χ1v) is 8.13. The maximum absolute atomic E-state index is 12.9. The van der Waals surface area contributed by atoms with Crippen molar-refractivity contribution in [1.82, 2.24) is 14.9 Å². The Kier molecular flexibility index (Phi) is 4.85. The van der Waals surface area contributed by atoms with Crippen molar-refractivity contribution in [2.24, 2.45) is 0 Å². The second-order valence-electron chi connectivity index (χ2n) is 5.63. The topological polar surface area (TPSA) is 58.6 Å². The van der Waals surface area contributed by atoms with E-state index in [9.17, 15) is 4.79 Å². The molecule has 0 N–H and O–H groups in total. The molecule has 1 aromatic carbocycles. The molecule has 3 rings (SSSR count). The van der Waals surface area contributed by atoms with Crippen molar-refractivity contribution in [2.45, 2.75) is 6.92 Å². The van der Waals surface area contributed by atoms with Crippen LogP contribution in [0.4, 0.5) is 5.95 Å². The Hall–Kier alpha value is -2.34. The van der Waals surface area contributed by atoms with Gasteiger partial charge in [-0.3, -0.25) is 4.79 Å². The van der Waals surface area contributed by atoms with Crippen molar-refractivity contribution < 1.29 is 9.53 Å². The molecule has 7 heteroatoms. The summed E-state index contributed by atoms with van der Waals surface area (Å²) in [6.07, 6.45) is 3.44. The summed E-state index contributed by atoms with van der Waals surface area (Å²) >= 11 is 6.11. The van der Waals surface area contributed by atoms with Gasteiger partial charge in [0, 0.05) is 43.6 Å². The smallest absolute Gasteiger partial charge is 0.257 e. The minimum absolute atomic E-state index is 0.0638. The molecule has 126 valence electrons. The number of rotatable bonds is 3. The molecule has 24 heavy (non-hydrogen) atoms. The number of carbonyl (C=O) groups is 1. The summed E-state index contributed by atoms with van der Waals surface area (Å²) in [4.78, 5) is 25.3. The molecular formula is C17H19ClN4O2. The zero-order valence-corrected chi connectivity index (χ0v) is 14.5. The first-order chi connectivity index (χ1) is 11.6. The third kappa shape index (κ3) is 3.28. The SMILES string of the molecule is COc1c(C)cc(Cl)cc1C(=O)N1CCN(c2ncccn2)CC1. The lowest BCUT2D eigenvalue weighted by molar-refractivity contribution is 0.0742. The minimum Gasteiger partial charge on any atom is -0.496 e. The fourth-order valence-electron chi connectivity index (χ4n) is 2.89. The van der Waals surface area contributed by atoms with Crippen LogP contribution in [0.15, 0.2) is 30.6 Å². The summed E-state index contributed by atoms with van der Waals surface area (Å²) < 4.78 is 5.40. The zero-order chi connectivity index (χ0) is 17.1. The molecule has 1 amide bonds. The summed E-state index contributed by atoms with van der Waals surface area (Å²) in [6.45, 7) is 4.47. The highest BCUT2D eigenvalue weighted by molar-refractivity contribution is 6.31. The van der Waals surface area contributed by atoms with Crippen molar-refractivity contribution in [3.8, 4) is 5.75 Å². The molecule has 2 heterocycles. The van der Waals surface area contributed by atoms with Crippen molar-refractivity contribution in [2.75, 3.05) is 38.2 Å². The van der Waals surface area contributed by atoms with E-state index in [0.29, 0.717) is 48.5 Å². The molecule has 0 aliphatic carbocycles. The van der Waals surface area contributed by atoms with E-state index in [1.807, 2.05) is 11.8 Å². The van der Waals surface area contributed by atoms with Crippen molar-refractivity contribution in [1.29, 1.82) is 0 Å². The molecule has 1 saturated heterocycles. The van der Waals surface area contributed by atoms with E-state index in [4.69, 9.17) is 16.3 Å². The zero-order valence-electron chi connectivity index (χ0n) is 13.7. The number of amides is 1. The first-order valence-electron chi connectivity index (χ1n) is 7.75. The summed E-state index contributed by atoms with van der Waals surface area (Å²) in [5.74, 6) is 1.21. The van der Waals surface area contributed by atoms with Crippen molar-refractivity contribution in [3.63, 3.8) is 0 Å². The standard InChI is InChI=1S/C17H19ClN4O2/c1-12-10-13(18)11-14(15(12)24-2)16(23)21-6-8-22(9-7-21)17-19-4-3-5-20-17/h3-5,10-11H,6-9H2,1-2H3. The van der Waals surface area contributed by atoms with E-state index < -0.39 is 0 Å². The number of carbonyl (C=O) groups excluding carboxylic acids is 1. The highest BCUT2D eigenvalue weighted by atomic mass is 35.5. The number of halogens is 1. The Labute approximate surface area is 146 Å². The van der Waals surface area contributed by atoms with Crippen LogP contribution >= 0.6 is 11.6 Å². The van der Waals surface area contributed by atoms with E-state index in [-0.39, 0.29) is 5.91 Å². The number of methoxy groups -OCH3 is 1. The molecule has 2 aromatic rings. The van der Waals surface area contributed by atoms with Crippen LogP contribution in [0.1, 0.15) is 15.9 Å². The van der Waals surface area contributed by atoms with Gasteiger partial charge in [0.2, 0.25) is 5.95 Å². The van der Waals surface area contributed by atoms with Gasteiger partial charge in [-0.25, -0.2) is 9.97 Å². The van der Waals surface area contributed by atoms with Gasteiger partial charge in [0.25, 0.3) is 5.91 Å². The number of nitrogens with zero attached hydrogens (tertiary/aromatic N) is 4. The van der Waals surface area contributed by atoms with Crippen molar-refractivity contribution >= 4 is 23.5 Å². The molecule has 6 nitrogen and oxygen atoms in total. The molecule has 0 atom stereocenters. The fourth-order valence-corrected chi connectivity index (χ4v) is 3.17. The molecule has 1 aliphatic heterocycles. The minimum atomic E-state index is -0.0638. The van der Waals surface area contributed by atoms with Crippen LogP contribution in [0.25, 0.3) is 0 Å². The lowest BCUT2D eigenvalue weighted by atomic mass is 10.1. The van der Waals surface area contributed by atoms with Gasteiger partial charge in [0.05, 0.1) is 12.7 Å². The molecule has 0 saturated carbocycles. The maximum Gasteiger partial charge on any atom is 0.257 e. The highest BCUT2D eigenvalue weighted by Gasteiger charge is 2.26. The van der Waals surface area contributed by atoms with Crippen LogP contribution in [0.5, 0.6) is 5.75 Å². The molecule has 1 aliphatic rings. The second kappa shape index (κ2) is 7.05. The third-order valence-electron chi connectivity index (χ3n) is 4.08. The number of piperazine rings is 1. The molecular weight excluding hydrogens is 328 g/mol. The number of hydrogen-bond acceptors (Lipinski definition) is 5. The van der Waals surface area contributed by atoms with Gasteiger partial charge in [-0.2, -0.15) is 0 Å². The average Bonchev–Trinajstić information content (AvgIpc) is 2.61. The van der Waals surface area contributed by atoms with E-state index >= 15 is 0 Å². The van der Waals surface area contributed by atoms with Crippen molar-refractivity contribution in [3.05, 3.63) is 46.7 Å². The maximum atomic E-state index is 12.9. The van der Waals surface area contributed by atoms with E-state index in [0.717, 1.165) is 5.56 Å². The monoisotopic (exact) mass is 346 g/mol. The van der Waals surface area contributed by atoms with Gasteiger partial charge >= 0.3 is 0 Å². The van der Waals surface area contributed by atoms with Gasteiger partial charge in [-0.1, -0.05) is 11.6 Å². The molecule has 0 bridgehead atoms. The van der Waals surface area contributed by atoms with Gasteiger partial charge < -0.3 is 14.5 Å². The number of benzene rings is 1. The number of aromatic nitrogens is 2. The number of anilines is 1. The first kappa shape index (κ1) is 16.5. The number of hydrogen-bond donors (Lipinski definition) is 0. The lowest BCUT2D eigenvalue weighted by Gasteiger charge is -2.35. The van der Waals surface area contributed by atoms with E-state index in [2.05, 4.69) is 14.9 Å². The van der Waals surface area contributed by atoms with Crippen LogP contribution in [0.2, 0.25) is 5.02 Å². The lowest BCUT2D eigenvalue weighted by Crippen LogP contribution is -2.49. The fraction of sp³-hybridized carbons (Fsp3) is 0.353. The second-order valence-corrected chi connectivity index (χ2v) is 6.07. The largest absolute Gasteiger partial charge is 0.496 e. The molecule has 1 fully saturated rings. The summed E-state index contributed by atoms with van der Waals surface area (Å²) in [5.41, 5.74) is 1.36. The molecule has 1 aromatic heterocycles. The van der Waals surface area contributed by atoms with Gasteiger partial charge in [-0.05, 0) is 30.7 Å². The Bertz CT molecular complexity index is 731. The van der Waals surface area contributed by atoms with Gasteiger partial charge in [0.1, 0.15) is 5.75 Å². The summed E-state index contributed by atoms with van der Waals surface area (Å²) in [6, 6.07) is 5.25. The third-order valence-corrected chi connectivity index (χ3v) is 4.29. The van der Waals surface area contributed by atoms with E-state index in [1.165, 1.54) is 0 Å². The molecule has 0 radical (unpaired) electrons. The van der Waals surface area contributed by atoms with Crippen LogP contribution in [0.3, 0.4) is 0 Å². The Morgan fingerprint density at radius 1 is 1.17 bits per heavy atom. The van der Waals surface area contributed by atoms with Crippen LogP contribution in [0, 0.1) is 6.92 Å². The Morgan fingerprint density at radius 3 is 2.46 bits per heavy atom. The van der Waals surface area contributed by atoms with Crippen LogP contribution < -0.4 is 9.64 Å². The predicted molar refractivity (Wildman–Crippen MR) is 92.9 cm³/mol. The molecule has 0 spiro atoms. The molecule has 0 unspecified atom stereocenters. The Morgan fingerprint density at radius 2 is 1.83 bits per heavy atom. The number of ether oxygens (including phenoxy) is 1. The van der Waals surface area contributed by atoms with Gasteiger partial charge in [0.15, 0.2) is 0 Å². The van der Waals surface area contributed by atoms with Gasteiger partial charge in [-0.15, -0.1) is 0 Å². The summed E-state index contributed by atoms with van der Waals surface area (Å²) in [7, 11) is 1.57. The average molecular weight is 347 g/mol. The van der Waals surface area contributed by atoms with Crippen LogP contribution in [-0.4, -0.2) is 54.1 Å². The highest BCUT2D eigenvalue weighted by Crippen LogP contribution is 2.29. The van der Waals surface area contributed by atoms with E-state index in [1.54, 1.807) is 37.7 Å². The number of aryl methyl sites for hydroxylation is 1.